The summed E-state index contributed by atoms with van der Waals surface area (Å²) in [4.78, 5) is 10.8. The maximum Gasteiger partial charge on any atom is 0.242 e. The zero-order valence-electron chi connectivity index (χ0n) is 10.1. The number of hydrogen-bond donors (Lipinski definition) is 1. The monoisotopic (exact) mass is 237 g/mol. The van der Waals surface area contributed by atoms with Crippen molar-refractivity contribution in [2.45, 2.75) is 32.5 Å². The van der Waals surface area contributed by atoms with Gasteiger partial charge in [-0.3, -0.25) is 4.79 Å². The fourth-order valence-corrected chi connectivity index (χ4v) is 2.26. The summed E-state index contributed by atoms with van der Waals surface area (Å²) in [7, 11) is -1.60. The molecule has 0 heterocycles. The summed E-state index contributed by atoms with van der Waals surface area (Å²) in [5.74, 6) is 0.616. The Morgan fingerprint density at radius 1 is 1.31 bits per heavy atom. The third-order valence-corrected chi connectivity index (χ3v) is 2.86. The van der Waals surface area contributed by atoms with Crippen molar-refractivity contribution in [3.05, 3.63) is 29.8 Å². The van der Waals surface area contributed by atoms with Gasteiger partial charge < -0.3 is 10.2 Å². The van der Waals surface area contributed by atoms with Crippen LogP contribution in [-0.2, 0) is 11.2 Å². The predicted octanol–water partition coefficient (Wildman–Crippen LogP) is 2.32. The van der Waals surface area contributed by atoms with Gasteiger partial charge in [-0.05, 0) is 37.7 Å². The number of carbonyl (C=O) groups excluding carboxylic acids is 1. The van der Waals surface area contributed by atoms with Crippen molar-refractivity contribution in [2.24, 2.45) is 5.73 Å². The summed E-state index contributed by atoms with van der Waals surface area (Å²) in [5.41, 5.74) is 6.21. The molecule has 0 aromatic heterocycles. The zero-order chi connectivity index (χ0) is 12.2. The molecule has 0 unspecified atom stereocenters. The fraction of sp³-hybridized carbons (Fsp3) is 0.417. The quantitative estimate of drug-likeness (QED) is 0.799. The van der Waals surface area contributed by atoms with Crippen LogP contribution >= 0.6 is 0 Å². The highest BCUT2D eigenvalue weighted by molar-refractivity contribution is 6.70. The van der Waals surface area contributed by atoms with Crippen LogP contribution in [0.25, 0.3) is 0 Å². The van der Waals surface area contributed by atoms with E-state index in [-0.39, 0.29) is 5.91 Å². The molecule has 1 rings (SSSR count). The van der Waals surface area contributed by atoms with E-state index >= 15 is 0 Å². The smallest absolute Gasteiger partial charge is 0.242 e. The SMILES string of the molecule is C[Si](C)(C)Oc1ccccc1CCC(N)=O. The average Bonchev–Trinajstić information content (AvgIpc) is 2.14. The Bertz CT molecular complexity index is 372. The van der Waals surface area contributed by atoms with E-state index < -0.39 is 8.32 Å². The van der Waals surface area contributed by atoms with Gasteiger partial charge in [0.05, 0.1) is 0 Å². The summed E-state index contributed by atoms with van der Waals surface area (Å²) in [6.45, 7) is 6.41. The number of para-hydroxylation sites is 1. The molecular weight excluding hydrogens is 218 g/mol. The third kappa shape index (κ3) is 4.48. The summed E-state index contributed by atoms with van der Waals surface area (Å²) < 4.78 is 5.95. The Kier molecular flexibility index (Phi) is 4.12. The molecule has 0 atom stereocenters. The van der Waals surface area contributed by atoms with Crippen molar-refractivity contribution >= 4 is 14.2 Å². The molecule has 0 spiro atoms. The van der Waals surface area contributed by atoms with Crippen LogP contribution in [0.1, 0.15) is 12.0 Å². The van der Waals surface area contributed by atoms with Crippen LogP contribution in [0.2, 0.25) is 19.6 Å². The van der Waals surface area contributed by atoms with E-state index in [9.17, 15) is 4.79 Å². The van der Waals surface area contributed by atoms with Gasteiger partial charge >= 0.3 is 0 Å². The molecule has 0 aliphatic carbocycles. The van der Waals surface area contributed by atoms with Crippen molar-refractivity contribution < 1.29 is 9.22 Å². The summed E-state index contributed by atoms with van der Waals surface area (Å²) in [6.07, 6.45) is 1.02. The topological polar surface area (TPSA) is 52.3 Å². The van der Waals surface area contributed by atoms with Crippen LogP contribution < -0.4 is 10.2 Å². The van der Waals surface area contributed by atoms with E-state index in [1.807, 2.05) is 24.3 Å². The first-order chi connectivity index (χ1) is 7.38. The molecule has 1 amide bonds. The standard InChI is InChI=1S/C12H19NO2Si/c1-16(2,3)15-11-7-5-4-6-10(11)8-9-12(13)14/h4-7H,8-9H2,1-3H3,(H2,13,14). The fourth-order valence-electron chi connectivity index (χ4n) is 1.40. The van der Waals surface area contributed by atoms with Gasteiger partial charge in [0.2, 0.25) is 14.2 Å². The second-order valence-electron chi connectivity index (χ2n) is 4.79. The van der Waals surface area contributed by atoms with Gasteiger partial charge in [0.1, 0.15) is 5.75 Å². The number of amides is 1. The molecule has 0 radical (unpaired) electrons. The maximum atomic E-state index is 10.8. The Labute approximate surface area is 97.7 Å². The molecule has 16 heavy (non-hydrogen) atoms. The van der Waals surface area contributed by atoms with Gasteiger partial charge in [-0.25, -0.2) is 0 Å². The van der Waals surface area contributed by atoms with Crippen LogP contribution in [-0.4, -0.2) is 14.2 Å². The maximum absolute atomic E-state index is 10.8. The molecule has 1 aromatic carbocycles. The Hall–Kier alpha value is -1.29. The Morgan fingerprint density at radius 2 is 1.94 bits per heavy atom. The number of nitrogens with two attached hydrogens (primary N) is 1. The second kappa shape index (κ2) is 5.16. The average molecular weight is 237 g/mol. The number of carbonyl (C=O) groups is 1. The van der Waals surface area contributed by atoms with Gasteiger partial charge in [-0.1, -0.05) is 18.2 Å². The third-order valence-electron chi connectivity index (χ3n) is 2.03. The number of hydrogen-bond acceptors (Lipinski definition) is 2. The highest BCUT2D eigenvalue weighted by Crippen LogP contribution is 2.22. The van der Waals surface area contributed by atoms with Crippen molar-refractivity contribution in [3.8, 4) is 5.75 Å². The molecule has 0 bridgehead atoms. The largest absolute Gasteiger partial charge is 0.544 e. The Balaban J connectivity index is 2.79. The van der Waals surface area contributed by atoms with Gasteiger partial charge in [0.25, 0.3) is 0 Å². The van der Waals surface area contributed by atoms with Crippen molar-refractivity contribution in [2.75, 3.05) is 0 Å². The van der Waals surface area contributed by atoms with Crippen LogP contribution in [0, 0.1) is 0 Å². The normalized spacial score (nSPS) is 11.2. The van der Waals surface area contributed by atoms with E-state index in [2.05, 4.69) is 19.6 Å². The lowest BCUT2D eigenvalue weighted by molar-refractivity contribution is -0.117. The number of aryl methyl sites for hydroxylation is 1. The van der Waals surface area contributed by atoms with Crippen LogP contribution in [0.3, 0.4) is 0 Å². The van der Waals surface area contributed by atoms with Crippen LogP contribution in [0.5, 0.6) is 5.75 Å². The molecule has 3 nitrogen and oxygen atoms in total. The van der Waals surface area contributed by atoms with Crippen molar-refractivity contribution in [3.63, 3.8) is 0 Å². The lowest BCUT2D eigenvalue weighted by Crippen LogP contribution is -2.29. The van der Waals surface area contributed by atoms with E-state index in [0.717, 1.165) is 11.3 Å². The molecule has 88 valence electrons. The lowest BCUT2D eigenvalue weighted by Gasteiger charge is -2.21. The molecule has 4 heteroatoms. The van der Waals surface area contributed by atoms with E-state index in [4.69, 9.17) is 10.2 Å². The van der Waals surface area contributed by atoms with Crippen LogP contribution in [0.15, 0.2) is 24.3 Å². The minimum absolute atomic E-state index is 0.275. The minimum atomic E-state index is -1.60. The van der Waals surface area contributed by atoms with Crippen molar-refractivity contribution in [1.29, 1.82) is 0 Å². The zero-order valence-corrected chi connectivity index (χ0v) is 11.1. The lowest BCUT2D eigenvalue weighted by atomic mass is 10.1. The molecule has 0 aliphatic heterocycles. The van der Waals surface area contributed by atoms with Gasteiger partial charge in [-0.15, -0.1) is 0 Å². The number of primary amides is 1. The molecule has 1 aromatic rings. The molecule has 0 aliphatic rings. The highest BCUT2D eigenvalue weighted by Gasteiger charge is 2.17. The van der Waals surface area contributed by atoms with Gasteiger partial charge in [0, 0.05) is 6.42 Å². The van der Waals surface area contributed by atoms with E-state index in [0.29, 0.717) is 12.8 Å². The first kappa shape index (κ1) is 12.8. The molecule has 2 N–H and O–H groups in total. The minimum Gasteiger partial charge on any atom is -0.544 e. The highest BCUT2D eigenvalue weighted by atomic mass is 28.4. The number of benzene rings is 1. The van der Waals surface area contributed by atoms with E-state index in [1.54, 1.807) is 0 Å². The molecule has 0 saturated carbocycles. The summed E-state index contributed by atoms with van der Waals surface area (Å²) in [5, 5.41) is 0. The Morgan fingerprint density at radius 3 is 2.50 bits per heavy atom. The van der Waals surface area contributed by atoms with Crippen molar-refractivity contribution in [1.82, 2.24) is 0 Å². The van der Waals surface area contributed by atoms with Gasteiger partial charge in [0.15, 0.2) is 0 Å². The predicted molar refractivity (Wildman–Crippen MR) is 67.9 cm³/mol. The first-order valence-corrected chi connectivity index (χ1v) is 8.84. The van der Waals surface area contributed by atoms with Crippen LogP contribution in [0.4, 0.5) is 0 Å². The second-order valence-corrected chi connectivity index (χ2v) is 9.22. The van der Waals surface area contributed by atoms with Gasteiger partial charge in [-0.2, -0.15) is 0 Å². The molecule has 0 saturated heterocycles. The van der Waals surface area contributed by atoms with E-state index in [1.165, 1.54) is 0 Å². The first-order valence-electron chi connectivity index (χ1n) is 5.44. The number of rotatable bonds is 5. The summed E-state index contributed by atoms with van der Waals surface area (Å²) >= 11 is 0. The summed E-state index contributed by atoms with van der Waals surface area (Å²) in [6, 6.07) is 7.84. The molecular formula is C12H19NO2Si. The molecule has 0 fully saturated rings.